The van der Waals surface area contributed by atoms with Gasteiger partial charge in [0, 0.05) is 31.5 Å². The Balaban J connectivity index is 1.52. The van der Waals surface area contributed by atoms with Gasteiger partial charge in [-0.2, -0.15) is 0 Å². The highest BCUT2D eigenvalue weighted by Gasteiger charge is 2.11. The third-order valence-electron chi connectivity index (χ3n) is 4.58. The number of hydrogen-bond acceptors (Lipinski definition) is 2. The number of aliphatic imine (C=N–C) groups is 1. The molecule has 0 bridgehead atoms. The molecule has 0 saturated heterocycles. The number of nitrogens with zero attached hydrogens (tertiary/aromatic N) is 3. The van der Waals surface area contributed by atoms with E-state index in [1.165, 1.54) is 5.56 Å². The van der Waals surface area contributed by atoms with E-state index in [2.05, 4.69) is 75.8 Å². The zero-order valence-corrected chi connectivity index (χ0v) is 15.6. The van der Waals surface area contributed by atoms with Crippen LogP contribution < -0.4 is 10.6 Å². The first kappa shape index (κ1) is 18.2. The number of imidazole rings is 1. The van der Waals surface area contributed by atoms with Crippen molar-refractivity contribution >= 4 is 5.96 Å². The molecule has 2 N–H and O–H groups in total. The fourth-order valence-electron chi connectivity index (χ4n) is 3.19. The Morgan fingerprint density at radius 2 is 2.04 bits per heavy atom. The lowest BCUT2D eigenvalue weighted by Gasteiger charge is -2.16. The predicted molar refractivity (Wildman–Crippen MR) is 107 cm³/mol. The molecule has 0 aliphatic heterocycles. The van der Waals surface area contributed by atoms with Crippen molar-refractivity contribution in [1.29, 1.82) is 0 Å². The van der Waals surface area contributed by atoms with E-state index in [1.807, 2.05) is 6.20 Å². The molecule has 0 radical (unpaired) electrons. The Labute approximate surface area is 156 Å². The van der Waals surface area contributed by atoms with E-state index < -0.39 is 0 Å². The fraction of sp³-hybridized carbons (Fsp3) is 0.429. The number of guanidine groups is 1. The minimum atomic E-state index is 0.457. The highest BCUT2D eigenvalue weighted by atomic mass is 15.2. The summed E-state index contributed by atoms with van der Waals surface area (Å²) < 4.78 is 2.22. The third kappa shape index (κ3) is 5.48. The van der Waals surface area contributed by atoms with Gasteiger partial charge in [0.1, 0.15) is 12.4 Å². The van der Waals surface area contributed by atoms with Crippen LogP contribution >= 0.6 is 0 Å². The van der Waals surface area contributed by atoms with Crippen molar-refractivity contribution in [2.45, 2.75) is 51.7 Å². The molecule has 5 nitrogen and oxygen atoms in total. The number of aryl methyl sites for hydroxylation is 2. The minimum Gasteiger partial charge on any atom is -0.357 e. The first-order valence-electron chi connectivity index (χ1n) is 9.59. The molecule has 0 saturated carbocycles. The smallest absolute Gasteiger partial charge is 0.191 e. The molecule has 0 spiro atoms. The van der Waals surface area contributed by atoms with Crippen molar-refractivity contribution in [3.8, 4) is 0 Å². The monoisotopic (exact) mass is 351 g/mol. The van der Waals surface area contributed by atoms with Crippen LogP contribution in [-0.4, -0.2) is 28.1 Å². The van der Waals surface area contributed by atoms with Gasteiger partial charge in [0.15, 0.2) is 5.96 Å². The predicted octanol–water partition coefficient (Wildman–Crippen LogP) is 3.29. The largest absolute Gasteiger partial charge is 0.357 e. The number of nitrogens with one attached hydrogen (secondary N) is 2. The second-order valence-corrected chi connectivity index (χ2v) is 6.61. The second kappa shape index (κ2) is 9.80. The van der Waals surface area contributed by atoms with Gasteiger partial charge in [0.25, 0.3) is 0 Å². The van der Waals surface area contributed by atoms with Crippen LogP contribution in [0, 0.1) is 0 Å². The quantitative estimate of drug-likeness (QED) is 0.436. The normalized spacial score (nSPS) is 14.7. The van der Waals surface area contributed by atoms with Crippen molar-refractivity contribution in [2.75, 3.05) is 6.54 Å². The lowest BCUT2D eigenvalue weighted by Crippen LogP contribution is -2.42. The number of benzene rings is 1. The summed E-state index contributed by atoms with van der Waals surface area (Å²) in [5.41, 5.74) is 1.39. The molecule has 0 unspecified atom stereocenters. The minimum absolute atomic E-state index is 0.457. The number of rotatable bonds is 8. The third-order valence-corrected chi connectivity index (χ3v) is 4.58. The molecule has 2 aromatic rings. The van der Waals surface area contributed by atoms with Crippen molar-refractivity contribution in [1.82, 2.24) is 20.2 Å². The molecule has 1 aromatic carbocycles. The van der Waals surface area contributed by atoms with E-state index in [-0.39, 0.29) is 0 Å². The van der Waals surface area contributed by atoms with Crippen LogP contribution in [0.1, 0.15) is 37.6 Å². The van der Waals surface area contributed by atoms with E-state index in [4.69, 9.17) is 4.99 Å². The van der Waals surface area contributed by atoms with Gasteiger partial charge in [0.2, 0.25) is 0 Å². The standard InChI is InChI=1S/C21H29N5/c1-2-22-21(25-19-12-6-7-13-19)24-17-20-23-14-16-26(20)15-8-11-18-9-4-3-5-10-18/h3-7,9-10,14,16,19H,2,8,11-13,15,17H2,1H3,(H2,22,24,25). The van der Waals surface area contributed by atoms with E-state index in [9.17, 15) is 0 Å². The highest BCUT2D eigenvalue weighted by molar-refractivity contribution is 5.80. The average Bonchev–Trinajstić information content (AvgIpc) is 3.33. The molecule has 1 heterocycles. The van der Waals surface area contributed by atoms with Crippen molar-refractivity contribution in [3.63, 3.8) is 0 Å². The maximum atomic E-state index is 4.73. The highest BCUT2D eigenvalue weighted by Crippen LogP contribution is 2.09. The van der Waals surface area contributed by atoms with Crippen LogP contribution in [0.4, 0.5) is 0 Å². The molecule has 0 amide bonds. The Morgan fingerprint density at radius 3 is 2.81 bits per heavy atom. The summed E-state index contributed by atoms with van der Waals surface area (Å²) in [7, 11) is 0. The van der Waals surface area contributed by atoms with Gasteiger partial charge in [0.05, 0.1) is 0 Å². The summed E-state index contributed by atoms with van der Waals surface area (Å²) in [5, 5.41) is 6.83. The van der Waals surface area contributed by atoms with E-state index in [0.29, 0.717) is 12.6 Å². The van der Waals surface area contributed by atoms with Crippen LogP contribution in [0.5, 0.6) is 0 Å². The van der Waals surface area contributed by atoms with Crippen molar-refractivity contribution in [2.24, 2.45) is 4.99 Å². The Bertz CT molecular complexity index is 709. The van der Waals surface area contributed by atoms with Crippen LogP contribution in [0.3, 0.4) is 0 Å². The molecular weight excluding hydrogens is 322 g/mol. The SMILES string of the molecule is CCNC(=NCc1nccn1CCCc1ccccc1)NC1CC=CC1. The van der Waals surface area contributed by atoms with Crippen LogP contribution in [0.25, 0.3) is 0 Å². The summed E-state index contributed by atoms with van der Waals surface area (Å²) in [6.07, 6.45) is 12.7. The molecule has 138 valence electrons. The summed E-state index contributed by atoms with van der Waals surface area (Å²) in [6.45, 7) is 4.51. The molecule has 26 heavy (non-hydrogen) atoms. The van der Waals surface area contributed by atoms with Gasteiger partial charge in [-0.15, -0.1) is 0 Å². The number of hydrogen-bond donors (Lipinski definition) is 2. The van der Waals surface area contributed by atoms with Crippen LogP contribution in [0.15, 0.2) is 59.9 Å². The van der Waals surface area contributed by atoms with Crippen LogP contribution in [0.2, 0.25) is 0 Å². The topological polar surface area (TPSA) is 54.2 Å². The van der Waals surface area contributed by atoms with E-state index in [1.54, 1.807) is 0 Å². The molecule has 1 aliphatic rings. The summed E-state index contributed by atoms with van der Waals surface area (Å²) in [4.78, 5) is 9.22. The maximum Gasteiger partial charge on any atom is 0.191 e. The van der Waals surface area contributed by atoms with Gasteiger partial charge in [-0.3, -0.25) is 0 Å². The summed E-state index contributed by atoms with van der Waals surface area (Å²) >= 11 is 0. The molecule has 0 fully saturated rings. The van der Waals surface area contributed by atoms with Gasteiger partial charge < -0.3 is 15.2 Å². The van der Waals surface area contributed by atoms with Gasteiger partial charge >= 0.3 is 0 Å². The molecule has 1 aliphatic carbocycles. The van der Waals surface area contributed by atoms with Gasteiger partial charge in [-0.05, 0) is 38.2 Å². The van der Waals surface area contributed by atoms with Gasteiger partial charge in [-0.25, -0.2) is 9.98 Å². The lowest BCUT2D eigenvalue weighted by atomic mass is 10.1. The summed E-state index contributed by atoms with van der Waals surface area (Å²) in [6, 6.07) is 11.1. The Morgan fingerprint density at radius 1 is 1.23 bits per heavy atom. The van der Waals surface area contributed by atoms with Crippen molar-refractivity contribution in [3.05, 3.63) is 66.3 Å². The van der Waals surface area contributed by atoms with Crippen LogP contribution in [-0.2, 0) is 19.5 Å². The molecule has 0 atom stereocenters. The zero-order chi connectivity index (χ0) is 18.0. The Kier molecular flexibility index (Phi) is 6.88. The molecule has 5 heteroatoms. The van der Waals surface area contributed by atoms with Gasteiger partial charge in [-0.1, -0.05) is 42.5 Å². The lowest BCUT2D eigenvalue weighted by molar-refractivity contribution is 0.605. The van der Waals surface area contributed by atoms with E-state index >= 15 is 0 Å². The number of aromatic nitrogens is 2. The maximum absolute atomic E-state index is 4.73. The fourth-order valence-corrected chi connectivity index (χ4v) is 3.19. The summed E-state index contributed by atoms with van der Waals surface area (Å²) in [5.74, 6) is 1.89. The average molecular weight is 351 g/mol. The van der Waals surface area contributed by atoms with Crippen molar-refractivity contribution < 1.29 is 0 Å². The Hall–Kier alpha value is -2.56. The molecule has 3 rings (SSSR count). The zero-order valence-electron chi connectivity index (χ0n) is 15.6. The molecule has 1 aromatic heterocycles. The first-order valence-corrected chi connectivity index (χ1v) is 9.59. The first-order chi connectivity index (χ1) is 12.8. The molecular formula is C21H29N5. The van der Waals surface area contributed by atoms with E-state index in [0.717, 1.165) is 50.6 Å². The second-order valence-electron chi connectivity index (χ2n) is 6.61.